The van der Waals surface area contributed by atoms with E-state index in [1.165, 1.54) is 4.88 Å². The number of rotatable bonds is 4. The number of aliphatic hydroxyl groups excluding tert-OH is 1. The van der Waals surface area contributed by atoms with Crippen molar-refractivity contribution in [1.82, 2.24) is 4.98 Å². The Kier molecular flexibility index (Phi) is 4.42. The molecule has 21 heavy (non-hydrogen) atoms. The molecule has 6 nitrogen and oxygen atoms in total. The van der Waals surface area contributed by atoms with Gasteiger partial charge in [-0.2, -0.15) is 0 Å². The van der Waals surface area contributed by atoms with Gasteiger partial charge in [-0.1, -0.05) is 0 Å². The number of thiazole rings is 1. The van der Waals surface area contributed by atoms with Crippen molar-refractivity contribution in [2.24, 2.45) is 0 Å². The van der Waals surface area contributed by atoms with E-state index in [9.17, 15) is 9.90 Å². The molecule has 0 amide bonds. The molecule has 2 unspecified atom stereocenters. The molecule has 1 N–H and O–H groups in total. The minimum atomic E-state index is -0.209. The standard InChI is InChI=1S/C14H20N2O4S/c1-2-19-13(18)10-3-4-11-12(10)15-14(21-11)16-5-6-20-9(7-16)8-17/h9-10,17H,2-8H2,1H3. The van der Waals surface area contributed by atoms with Crippen LogP contribution in [0.2, 0.25) is 0 Å². The third-order valence-corrected chi connectivity index (χ3v) is 5.08. The molecule has 0 bridgehead atoms. The fourth-order valence-electron chi connectivity index (χ4n) is 2.83. The smallest absolute Gasteiger partial charge is 0.315 e. The molecule has 116 valence electrons. The summed E-state index contributed by atoms with van der Waals surface area (Å²) in [5.74, 6) is -0.372. The molecule has 7 heteroatoms. The molecule has 2 heterocycles. The molecule has 0 saturated carbocycles. The highest BCUT2D eigenvalue weighted by Crippen LogP contribution is 2.40. The van der Waals surface area contributed by atoms with Crippen LogP contribution in [0.25, 0.3) is 0 Å². The second kappa shape index (κ2) is 6.29. The quantitative estimate of drug-likeness (QED) is 0.834. The summed E-state index contributed by atoms with van der Waals surface area (Å²) < 4.78 is 10.6. The van der Waals surface area contributed by atoms with Crippen molar-refractivity contribution >= 4 is 22.4 Å². The predicted octanol–water partition coefficient (Wildman–Crippen LogP) is 0.933. The summed E-state index contributed by atoms with van der Waals surface area (Å²) in [7, 11) is 0. The van der Waals surface area contributed by atoms with E-state index >= 15 is 0 Å². The molecule has 1 aliphatic heterocycles. The number of fused-ring (bicyclic) bond motifs is 1. The molecule has 2 aliphatic rings. The lowest BCUT2D eigenvalue weighted by Gasteiger charge is -2.31. The van der Waals surface area contributed by atoms with Gasteiger partial charge in [0.25, 0.3) is 0 Å². The van der Waals surface area contributed by atoms with Crippen LogP contribution in [0.4, 0.5) is 5.13 Å². The number of anilines is 1. The van der Waals surface area contributed by atoms with Crippen molar-refractivity contribution in [3.05, 3.63) is 10.6 Å². The third kappa shape index (κ3) is 2.90. The van der Waals surface area contributed by atoms with Crippen LogP contribution < -0.4 is 4.90 Å². The van der Waals surface area contributed by atoms with Gasteiger partial charge in [-0.25, -0.2) is 4.98 Å². The molecule has 1 aliphatic carbocycles. The van der Waals surface area contributed by atoms with Crippen molar-refractivity contribution in [2.75, 3.05) is 37.8 Å². The number of aliphatic hydroxyl groups is 1. The van der Waals surface area contributed by atoms with Gasteiger partial charge in [0.2, 0.25) is 0 Å². The van der Waals surface area contributed by atoms with Crippen LogP contribution in [0.5, 0.6) is 0 Å². The highest BCUT2D eigenvalue weighted by molar-refractivity contribution is 7.15. The van der Waals surface area contributed by atoms with Crippen molar-refractivity contribution in [2.45, 2.75) is 31.8 Å². The fraction of sp³-hybridized carbons (Fsp3) is 0.714. The molecular weight excluding hydrogens is 292 g/mol. The van der Waals surface area contributed by atoms with E-state index in [-0.39, 0.29) is 24.6 Å². The van der Waals surface area contributed by atoms with Crippen LogP contribution in [0.15, 0.2) is 0 Å². The highest BCUT2D eigenvalue weighted by atomic mass is 32.1. The number of ether oxygens (including phenoxy) is 2. The lowest BCUT2D eigenvalue weighted by Crippen LogP contribution is -2.44. The highest BCUT2D eigenvalue weighted by Gasteiger charge is 2.35. The summed E-state index contributed by atoms with van der Waals surface area (Å²) in [5.41, 5.74) is 0.889. The average molecular weight is 312 g/mol. The number of morpholine rings is 1. The molecule has 0 aromatic carbocycles. The summed E-state index contributed by atoms with van der Waals surface area (Å²) in [4.78, 5) is 20.0. The Hall–Kier alpha value is -1.18. The number of nitrogens with zero attached hydrogens (tertiary/aromatic N) is 2. The Morgan fingerprint density at radius 2 is 2.48 bits per heavy atom. The minimum Gasteiger partial charge on any atom is -0.465 e. The normalized spacial score (nSPS) is 25.0. The van der Waals surface area contributed by atoms with E-state index in [1.807, 2.05) is 6.92 Å². The first-order chi connectivity index (χ1) is 10.2. The number of aromatic nitrogens is 1. The van der Waals surface area contributed by atoms with Crippen LogP contribution in [-0.2, 0) is 20.7 Å². The largest absolute Gasteiger partial charge is 0.465 e. The molecule has 3 rings (SSSR count). The van der Waals surface area contributed by atoms with E-state index in [1.54, 1.807) is 11.3 Å². The summed E-state index contributed by atoms with van der Waals surface area (Å²) >= 11 is 1.65. The second-order valence-corrected chi connectivity index (χ2v) is 6.33. The molecular formula is C14H20N2O4S. The monoisotopic (exact) mass is 312 g/mol. The lowest BCUT2D eigenvalue weighted by atomic mass is 10.1. The van der Waals surface area contributed by atoms with Crippen molar-refractivity contribution in [3.8, 4) is 0 Å². The van der Waals surface area contributed by atoms with Gasteiger partial charge in [0, 0.05) is 18.0 Å². The Labute approximate surface area is 127 Å². The summed E-state index contributed by atoms with van der Waals surface area (Å²) in [6.45, 7) is 4.26. The Balaban J connectivity index is 1.75. The first kappa shape index (κ1) is 14.7. The van der Waals surface area contributed by atoms with Gasteiger partial charge >= 0.3 is 5.97 Å². The van der Waals surface area contributed by atoms with Gasteiger partial charge < -0.3 is 19.5 Å². The SMILES string of the molecule is CCOC(=O)C1CCc2sc(N3CCOC(CO)C3)nc21. The van der Waals surface area contributed by atoms with Crippen molar-refractivity contribution in [3.63, 3.8) is 0 Å². The van der Waals surface area contributed by atoms with Gasteiger partial charge in [-0.3, -0.25) is 4.79 Å². The third-order valence-electron chi connectivity index (χ3n) is 3.89. The van der Waals surface area contributed by atoms with Gasteiger partial charge in [-0.15, -0.1) is 11.3 Å². The van der Waals surface area contributed by atoms with E-state index < -0.39 is 0 Å². The maximum Gasteiger partial charge on any atom is 0.315 e. The fourth-order valence-corrected chi connectivity index (χ4v) is 4.00. The number of carbonyl (C=O) groups excluding carboxylic acids is 1. The van der Waals surface area contributed by atoms with Crippen molar-refractivity contribution < 1.29 is 19.4 Å². The summed E-state index contributed by atoms with van der Waals surface area (Å²) in [6.07, 6.45) is 1.54. The van der Waals surface area contributed by atoms with Crippen LogP contribution in [0.3, 0.4) is 0 Å². The Morgan fingerprint density at radius 1 is 1.62 bits per heavy atom. The molecule has 1 aromatic rings. The molecule has 2 atom stereocenters. The van der Waals surface area contributed by atoms with Crippen LogP contribution in [0, 0.1) is 0 Å². The van der Waals surface area contributed by atoms with Crippen LogP contribution in [-0.4, -0.2) is 55.1 Å². The number of aryl methyl sites for hydroxylation is 1. The van der Waals surface area contributed by atoms with Crippen molar-refractivity contribution in [1.29, 1.82) is 0 Å². The molecule has 0 spiro atoms. The zero-order valence-corrected chi connectivity index (χ0v) is 12.9. The van der Waals surface area contributed by atoms with E-state index in [0.29, 0.717) is 19.8 Å². The van der Waals surface area contributed by atoms with E-state index in [0.717, 1.165) is 30.2 Å². The predicted molar refractivity (Wildman–Crippen MR) is 78.8 cm³/mol. The number of hydrogen-bond acceptors (Lipinski definition) is 7. The first-order valence-corrected chi connectivity index (χ1v) is 8.18. The molecule has 1 fully saturated rings. The topological polar surface area (TPSA) is 71.9 Å². The number of esters is 1. The van der Waals surface area contributed by atoms with Crippen LogP contribution >= 0.6 is 11.3 Å². The van der Waals surface area contributed by atoms with Gasteiger partial charge in [0.15, 0.2) is 5.13 Å². The Morgan fingerprint density at radius 3 is 3.24 bits per heavy atom. The summed E-state index contributed by atoms with van der Waals surface area (Å²) in [6, 6.07) is 0. The zero-order chi connectivity index (χ0) is 14.8. The maximum atomic E-state index is 12.0. The Bertz CT molecular complexity index is 519. The van der Waals surface area contributed by atoms with E-state index in [4.69, 9.17) is 9.47 Å². The molecule has 1 aromatic heterocycles. The van der Waals surface area contributed by atoms with E-state index in [2.05, 4.69) is 9.88 Å². The number of carbonyl (C=O) groups is 1. The summed E-state index contributed by atoms with van der Waals surface area (Å²) in [5, 5.41) is 10.1. The van der Waals surface area contributed by atoms with Gasteiger partial charge in [-0.05, 0) is 19.8 Å². The lowest BCUT2D eigenvalue weighted by molar-refractivity contribution is -0.145. The molecule has 1 saturated heterocycles. The number of hydrogen-bond donors (Lipinski definition) is 1. The minimum absolute atomic E-state index is 0.0209. The first-order valence-electron chi connectivity index (χ1n) is 7.36. The zero-order valence-electron chi connectivity index (χ0n) is 12.1. The van der Waals surface area contributed by atoms with Gasteiger partial charge in [0.05, 0.1) is 31.6 Å². The average Bonchev–Trinajstić information content (AvgIpc) is 3.07. The molecule has 0 radical (unpaired) electrons. The van der Waals surface area contributed by atoms with Gasteiger partial charge in [0.1, 0.15) is 5.92 Å². The maximum absolute atomic E-state index is 12.0. The van der Waals surface area contributed by atoms with Crippen LogP contribution in [0.1, 0.15) is 29.8 Å². The second-order valence-electron chi connectivity index (χ2n) is 5.27.